The van der Waals surface area contributed by atoms with Crippen LogP contribution >= 0.6 is 11.3 Å². The molecule has 4 aromatic rings. The van der Waals surface area contributed by atoms with Gasteiger partial charge in [0.2, 0.25) is 0 Å². The minimum atomic E-state index is -0.305. The molecule has 28 heavy (non-hydrogen) atoms. The van der Waals surface area contributed by atoms with Crippen LogP contribution in [0.25, 0.3) is 21.6 Å². The second kappa shape index (κ2) is 6.99. The number of benzene rings is 2. The smallest absolute Gasteiger partial charge is 0.263 e. The van der Waals surface area contributed by atoms with Gasteiger partial charge in [-0.05, 0) is 37.3 Å². The van der Waals surface area contributed by atoms with Crippen LogP contribution in [0.15, 0.2) is 59.4 Å². The average Bonchev–Trinajstić information content (AvgIpc) is 3.10. The van der Waals surface area contributed by atoms with Gasteiger partial charge in [0.1, 0.15) is 16.5 Å². The van der Waals surface area contributed by atoms with Crippen molar-refractivity contribution in [2.45, 2.75) is 32.2 Å². The van der Waals surface area contributed by atoms with Crippen molar-refractivity contribution in [3.63, 3.8) is 0 Å². The first kappa shape index (κ1) is 17.3. The quantitative estimate of drug-likeness (QED) is 0.482. The maximum atomic E-state index is 14.3. The van der Waals surface area contributed by atoms with E-state index in [4.69, 9.17) is 4.98 Å². The summed E-state index contributed by atoms with van der Waals surface area (Å²) < 4.78 is 16.0. The Morgan fingerprint density at radius 1 is 1.00 bits per heavy atom. The zero-order valence-corrected chi connectivity index (χ0v) is 16.1. The number of hydrogen-bond donors (Lipinski definition) is 0. The van der Waals surface area contributed by atoms with E-state index in [0.29, 0.717) is 11.4 Å². The van der Waals surface area contributed by atoms with Gasteiger partial charge in [-0.25, -0.2) is 9.37 Å². The van der Waals surface area contributed by atoms with E-state index >= 15 is 0 Å². The monoisotopic (exact) mass is 390 g/mol. The molecule has 2 aromatic heterocycles. The van der Waals surface area contributed by atoms with Crippen molar-refractivity contribution in [2.75, 3.05) is 0 Å². The van der Waals surface area contributed by atoms with E-state index in [-0.39, 0.29) is 17.9 Å². The van der Waals surface area contributed by atoms with Crippen molar-refractivity contribution in [1.29, 1.82) is 0 Å². The number of fused-ring (bicyclic) bond motifs is 3. The molecule has 0 radical (unpaired) electrons. The molecule has 1 aliphatic carbocycles. The molecular formula is C23H19FN2OS. The Kier molecular flexibility index (Phi) is 4.32. The maximum absolute atomic E-state index is 14.3. The molecule has 5 heteroatoms. The first-order valence-electron chi connectivity index (χ1n) is 9.56. The molecule has 3 nitrogen and oxygen atoms in total. The highest BCUT2D eigenvalue weighted by atomic mass is 32.1. The second-order valence-corrected chi connectivity index (χ2v) is 8.26. The molecule has 0 N–H and O–H groups in total. The molecular weight excluding hydrogens is 371 g/mol. The molecule has 2 aromatic carbocycles. The Labute approximate surface area is 166 Å². The number of thiophene rings is 1. The van der Waals surface area contributed by atoms with Crippen molar-refractivity contribution in [1.82, 2.24) is 9.55 Å². The largest absolute Gasteiger partial charge is 0.287 e. The van der Waals surface area contributed by atoms with Crippen LogP contribution in [0.4, 0.5) is 4.39 Å². The summed E-state index contributed by atoms with van der Waals surface area (Å²) in [4.78, 5) is 20.6. The van der Waals surface area contributed by atoms with Gasteiger partial charge in [-0.2, -0.15) is 0 Å². The van der Waals surface area contributed by atoms with Crippen LogP contribution in [0, 0.1) is 5.82 Å². The van der Waals surface area contributed by atoms with Crippen molar-refractivity contribution in [3.8, 4) is 11.4 Å². The van der Waals surface area contributed by atoms with Gasteiger partial charge in [0.15, 0.2) is 0 Å². The van der Waals surface area contributed by atoms with E-state index in [1.54, 1.807) is 34.1 Å². The SMILES string of the molecule is O=c1c2c3c(sc2nc(-c2ccccc2)n1Cc1ccccc1F)CCCC3. The summed E-state index contributed by atoms with van der Waals surface area (Å²) in [5, 5.41) is 0.732. The zero-order chi connectivity index (χ0) is 19.1. The standard InChI is InChI=1S/C23H19FN2OS/c24-18-12-6-4-10-16(18)14-26-21(15-8-2-1-3-9-15)25-22-20(23(26)27)17-11-5-7-13-19(17)28-22/h1-4,6,8-10,12H,5,7,11,13-14H2. The molecule has 0 atom stereocenters. The summed E-state index contributed by atoms with van der Waals surface area (Å²) in [5.74, 6) is 0.292. The minimum Gasteiger partial charge on any atom is -0.287 e. The van der Waals surface area contributed by atoms with E-state index in [9.17, 15) is 9.18 Å². The summed E-state index contributed by atoms with van der Waals surface area (Å²) in [6, 6.07) is 16.3. The zero-order valence-electron chi connectivity index (χ0n) is 15.3. The van der Waals surface area contributed by atoms with Crippen molar-refractivity contribution >= 4 is 21.6 Å². The number of aryl methyl sites for hydroxylation is 2. The molecule has 0 fully saturated rings. The minimum absolute atomic E-state index is 0.0634. The van der Waals surface area contributed by atoms with Gasteiger partial charge >= 0.3 is 0 Å². The van der Waals surface area contributed by atoms with Gasteiger partial charge < -0.3 is 0 Å². The molecule has 0 saturated heterocycles. The van der Waals surface area contributed by atoms with Crippen LogP contribution in [-0.4, -0.2) is 9.55 Å². The van der Waals surface area contributed by atoms with Crippen molar-refractivity contribution in [3.05, 3.63) is 86.8 Å². The van der Waals surface area contributed by atoms with E-state index in [1.807, 2.05) is 30.3 Å². The molecule has 0 amide bonds. The molecule has 0 saturated carbocycles. The van der Waals surface area contributed by atoms with E-state index in [0.717, 1.165) is 47.0 Å². The van der Waals surface area contributed by atoms with Crippen LogP contribution in [0.1, 0.15) is 28.8 Å². The maximum Gasteiger partial charge on any atom is 0.263 e. The number of aromatic nitrogens is 2. The fourth-order valence-corrected chi connectivity index (χ4v) is 5.24. The fourth-order valence-electron chi connectivity index (χ4n) is 3.99. The molecule has 0 bridgehead atoms. The highest BCUT2D eigenvalue weighted by molar-refractivity contribution is 7.18. The summed E-state index contributed by atoms with van der Waals surface area (Å²) in [6.45, 7) is 0.170. The van der Waals surface area contributed by atoms with Crippen molar-refractivity contribution < 1.29 is 4.39 Å². The first-order valence-corrected chi connectivity index (χ1v) is 10.4. The molecule has 2 heterocycles. The third-order valence-corrected chi connectivity index (χ3v) is 6.58. The van der Waals surface area contributed by atoms with Gasteiger partial charge in [0.25, 0.3) is 5.56 Å². The highest BCUT2D eigenvalue weighted by Crippen LogP contribution is 2.35. The molecule has 0 unspecified atom stereocenters. The number of rotatable bonds is 3. The average molecular weight is 390 g/mol. The molecule has 140 valence electrons. The van der Waals surface area contributed by atoms with E-state index in [1.165, 1.54) is 10.9 Å². The normalized spacial score (nSPS) is 13.6. The summed E-state index contributed by atoms with van der Waals surface area (Å²) in [7, 11) is 0. The lowest BCUT2D eigenvalue weighted by Gasteiger charge is -2.14. The van der Waals surface area contributed by atoms with Crippen LogP contribution in [0.2, 0.25) is 0 Å². The summed E-state index contributed by atoms with van der Waals surface area (Å²) >= 11 is 1.64. The third-order valence-electron chi connectivity index (χ3n) is 5.39. The topological polar surface area (TPSA) is 34.9 Å². The molecule has 1 aliphatic rings. The first-order chi connectivity index (χ1) is 13.7. The lowest BCUT2D eigenvalue weighted by Crippen LogP contribution is -2.25. The molecule has 0 spiro atoms. The lowest BCUT2D eigenvalue weighted by molar-refractivity contribution is 0.596. The predicted octanol–water partition coefficient (Wildman–Crippen LogP) is 5.19. The molecule has 5 rings (SSSR count). The van der Waals surface area contributed by atoms with Crippen LogP contribution in [-0.2, 0) is 19.4 Å². The lowest BCUT2D eigenvalue weighted by atomic mass is 9.97. The van der Waals surface area contributed by atoms with Crippen molar-refractivity contribution in [2.24, 2.45) is 0 Å². The summed E-state index contributed by atoms with van der Waals surface area (Å²) in [6.07, 6.45) is 4.21. The van der Waals surface area contributed by atoms with Crippen LogP contribution in [0.3, 0.4) is 0 Å². The van der Waals surface area contributed by atoms with Gasteiger partial charge in [-0.3, -0.25) is 9.36 Å². The van der Waals surface area contributed by atoms with Gasteiger partial charge in [0.05, 0.1) is 11.9 Å². The molecule has 0 aliphatic heterocycles. The number of halogens is 1. The fraction of sp³-hybridized carbons (Fsp3) is 0.217. The van der Waals surface area contributed by atoms with Crippen LogP contribution in [0.5, 0.6) is 0 Å². The number of nitrogens with zero attached hydrogens (tertiary/aromatic N) is 2. The van der Waals surface area contributed by atoms with Gasteiger partial charge in [-0.1, -0.05) is 48.5 Å². The van der Waals surface area contributed by atoms with Gasteiger partial charge in [-0.15, -0.1) is 11.3 Å². The van der Waals surface area contributed by atoms with Crippen LogP contribution < -0.4 is 5.56 Å². The predicted molar refractivity (Wildman–Crippen MR) is 111 cm³/mol. The highest BCUT2D eigenvalue weighted by Gasteiger charge is 2.23. The Morgan fingerprint density at radius 3 is 2.57 bits per heavy atom. The Bertz CT molecular complexity index is 1230. The van der Waals surface area contributed by atoms with E-state index in [2.05, 4.69) is 0 Å². The van der Waals surface area contributed by atoms with E-state index < -0.39 is 0 Å². The summed E-state index contributed by atoms with van der Waals surface area (Å²) in [5.41, 5.74) is 2.45. The number of hydrogen-bond acceptors (Lipinski definition) is 3. The second-order valence-electron chi connectivity index (χ2n) is 7.18. The third kappa shape index (κ3) is 2.87. The van der Waals surface area contributed by atoms with Gasteiger partial charge in [0, 0.05) is 16.0 Å². The Morgan fingerprint density at radius 2 is 1.75 bits per heavy atom. The Hall–Kier alpha value is -2.79. The Balaban J connectivity index is 1.79.